The molecule has 5 rings (SSSR count). The molecular formula is C23H17N3O4. The van der Waals surface area contributed by atoms with Crippen molar-refractivity contribution in [3.05, 3.63) is 106 Å². The van der Waals surface area contributed by atoms with Gasteiger partial charge >= 0.3 is 0 Å². The first-order valence-electron chi connectivity index (χ1n) is 9.57. The minimum absolute atomic E-state index is 0.136. The van der Waals surface area contributed by atoms with Crippen LogP contribution in [-0.2, 0) is 0 Å². The zero-order valence-corrected chi connectivity index (χ0v) is 15.8. The van der Waals surface area contributed by atoms with Crippen molar-refractivity contribution >= 4 is 17.2 Å². The maximum absolute atomic E-state index is 13.3. The highest BCUT2D eigenvalue weighted by molar-refractivity contribution is 6.03. The van der Waals surface area contributed by atoms with Gasteiger partial charge < -0.3 is 4.74 Å². The Bertz CT molecular complexity index is 1180. The maximum Gasteiger partial charge on any atom is 0.270 e. The molecule has 0 saturated carbocycles. The lowest BCUT2D eigenvalue weighted by Gasteiger charge is -2.37. The fourth-order valence-electron chi connectivity index (χ4n) is 3.93. The summed E-state index contributed by atoms with van der Waals surface area (Å²) in [4.78, 5) is 23.9. The molecule has 30 heavy (non-hydrogen) atoms. The lowest BCUT2D eigenvalue weighted by atomic mass is 9.96. The van der Waals surface area contributed by atoms with Gasteiger partial charge in [-0.2, -0.15) is 5.10 Å². The summed E-state index contributed by atoms with van der Waals surface area (Å²) < 4.78 is 6.05. The Hall–Kier alpha value is -4.00. The first kappa shape index (κ1) is 18.1. The second-order valence-electron chi connectivity index (χ2n) is 7.19. The molecule has 7 nitrogen and oxygen atoms in total. The number of Topliss-reactive ketones (excluding diaryl/α,β-unsaturated/α-hetero) is 1. The molecule has 0 saturated heterocycles. The summed E-state index contributed by atoms with van der Waals surface area (Å²) in [7, 11) is 0. The molecule has 2 aliphatic rings. The summed E-state index contributed by atoms with van der Waals surface area (Å²) in [6, 6.07) is 23.0. The minimum Gasteiger partial charge on any atom is -0.461 e. The van der Waals surface area contributed by atoms with Crippen molar-refractivity contribution in [1.29, 1.82) is 0 Å². The second kappa shape index (κ2) is 7.11. The number of nitrogens with zero attached hydrogens (tertiary/aromatic N) is 3. The van der Waals surface area contributed by atoms with E-state index in [1.54, 1.807) is 11.1 Å². The van der Waals surface area contributed by atoms with E-state index < -0.39 is 11.2 Å². The number of hydrogen-bond donors (Lipinski definition) is 0. The summed E-state index contributed by atoms with van der Waals surface area (Å²) >= 11 is 0. The molecule has 0 fully saturated rings. The number of ether oxygens (including phenoxy) is 1. The molecule has 3 aromatic carbocycles. The fourth-order valence-corrected chi connectivity index (χ4v) is 3.93. The van der Waals surface area contributed by atoms with Crippen molar-refractivity contribution in [1.82, 2.24) is 5.01 Å². The Balaban J connectivity index is 1.56. The summed E-state index contributed by atoms with van der Waals surface area (Å²) in [5, 5.41) is 17.6. The van der Waals surface area contributed by atoms with Gasteiger partial charge in [0.1, 0.15) is 5.75 Å². The standard InChI is InChI=1S/C23H17N3O4/c27-22(16-9-6-10-17(13-16)26(28)29)23-25-20(18-11-4-5-12-21(18)30-23)14-19(24-25)15-7-2-1-3-8-15/h1-13,20,23H,14H2/t20-,23+/m0/s1. The molecule has 0 amide bonds. The van der Waals surface area contributed by atoms with Gasteiger partial charge in [0.2, 0.25) is 5.78 Å². The zero-order chi connectivity index (χ0) is 20.7. The average molecular weight is 399 g/mol. The van der Waals surface area contributed by atoms with Crippen LogP contribution < -0.4 is 4.74 Å². The van der Waals surface area contributed by atoms with Crippen LogP contribution in [0.25, 0.3) is 0 Å². The molecule has 2 aliphatic heterocycles. The number of hydrogen-bond acceptors (Lipinski definition) is 6. The van der Waals surface area contributed by atoms with E-state index in [1.807, 2.05) is 54.6 Å². The Morgan fingerprint density at radius 1 is 1.03 bits per heavy atom. The number of carbonyl (C=O) groups is 1. The smallest absolute Gasteiger partial charge is 0.270 e. The van der Waals surface area contributed by atoms with E-state index in [-0.39, 0.29) is 23.1 Å². The quantitative estimate of drug-likeness (QED) is 0.370. The Morgan fingerprint density at radius 3 is 2.60 bits per heavy atom. The van der Waals surface area contributed by atoms with Gasteiger partial charge in [-0.3, -0.25) is 14.9 Å². The largest absolute Gasteiger partial charge is 0.461 e. The zero-order valence-electron chi connectivity index (χ0n) is 15.8. The molecular weight excluding hydrogens is 382 g/mol. The summed E-state index contributed by atoms with van der Waals surface area (Å²) in [5.41, 5.74) is 2.91. The van der Waals surface area contributed by atoms with Crippen LogP contribution in [0.2, 0.25) is 0 Å². The SMILES string of the molecule is O=C(c1cccc([N+](=O)[O-])c1)[C@H]1Oc2ccccc2[C@@H]2CC(c3ccccc3)=NN12. The molecule has 0 aliphatic carbocycles. The van der Waals surface area contributed by atoms with Gasteiger partial charge in [-0.05, 0) is 11.6 Å². The lowest BCUT2D eigenvalue weighted by Crippen LogP contribution is -2.45. The van der Waals surface area contributed by atoms with Crippen molar-refractivity contribution < 1.29 is 14.5 Å². The van der Waals surface area contributed by atoms with Crippen LogP contribution in [0.5, 0.6) is 5.75 Å². The molecule has 0 radical (unpaired) electrons. The van der Waals surface area contributed by atoms with Crippen LogP contribution in [0, 0.1) is 10.1 Å². The first-order valence-corrected chi connectivity index (χ1v) is 9.57. The van der Waals surface area contributed by atoms with Crippen molar-refractivity contribution in [2.75, 3.05) is 0 Å². The molecule has 0 aromatic heterocycles. The maximum atomic E-state index is 13.3. The molecule has 148 valence electrons. The molecule has 0 N–H and O–H groups in total. The molecule has 2 atom stereocenters. The van der Waals surface area contributed by atoms with Crippen molar-refractivity contribution in [2.45, 2.75) is 18.7 Å². The van der Waals surface area contributed by atoms with Gasteiger partial charge in [-0.15, -0.1) is 0 Å². The second-order valence-corrected chi connectivity index (χ2v) is 7.19. The topological polar surface area (TPSA) is 85.0 Å². The van der Waals surface area contributed by atoms with Crippen LogP contribution in [0.3, 0.4) is 0 Å². The number of nitro groups is 1. The van der Waals surface area contributed by atoms with Crippen LogP contribution >= 0.6 is 0 Å². The molecule has 2 heterocycles. The van der Waals surface area contributed by atoms with E-state index in [1.165, 1.54) is 18.2 Å². The number of fused-ring (bicyclic) bond motifs is 3. The molecule has 0 unspecified atom stereocenters. The number of carbonyl (C=O) groups excluding carboxylic acids is 1. The van der Waals surface area contributed by atoms with Gasteiger partial charge in [0, 0.05) is 29.7 Å². The number of rotatable bonds is 4. The number of hydrazone groups is 1. The van der Waals surface area contributed by atoms with E-state index in [4.69, 9.17) is 9.84 Å². The summed E-state index contributed by atoms with van der Waals surface area (Å²) in [6.07, 6.45) is -0.351. The summed E-state index contributed by atoms with van der Waals surface area (Å²) in [5.74, 6) is 0.267. The predicted octanol–water partition coefficient (Wildman–Crippen LogP) is 4.35. The number of non-ortho nitro benzene ring substituents is 1. The van der Waals surface area contributed by atoms with Crippen LogP contribution in [0.4, 0.5) is 5.69 Å². The van der Waals surface area contributed by atoms with Crippen LogP contribution in [0.1, 0.15) is 33.9 Å². The molecule has 0 bridgehead atoms. The van der Waals surface area contributed by atoms with Gasteiger partial charge in [0.15, 0.2) is 0 Å². The van der Waals surface area contributed by atoms with E-state index >= 15 is 0 Å². The molecule has 3 aromatic rings. The van der Waals surface area contributed by atoms with E-state index in [0.29, 0.717) is 12.2 Å². The number of nitro benzene ring substituents is 1. The van der Waals surface area contributed by atoms with Crippen molar-refractivity contribution in [3.8, 4) is 5.75 Å². The lowest BCUT2D eigenvalue weighted by molar-refractivity contribution is -0.384. The minimum atomic E-state index is -0.992. The van der Waals surface area contributed by atoms with E-state index in [0.717, 1.165) is 16.8 Å². The number of ketones is 1. The highest BCUT2D eigenvalue weighted by atomic mass is 16.6. The highest BCUT2D eigenvalue weighted by Gasteiger charge is 2.43. The van der Waals surface area contributed by atoms with Crippen LogP contribution in [0.15, 0.2) is 84.0 Å². The Labute approximate surface area is 172 Å². The molecule has 7 heteroatoms. The summed E-state index contributed by atoms with van der Waals surface area (Å²) in [6.45, 7) is 0. The average Bonchev–Trinajstić information content (AvgIpc) is 3.24. The predicted molar refractivity (Wildman–Crippen MR) is 110 cm³/mol. The van der Waals surface area contributed by atoms with Crippen molar-refractivity contribution in [3.63, 3.8) is 0 Å². The fraction of sp³-hybridized carbons (Fsp3) is 0.130. The van der Waals surface area contributed by atoms with E-state index in [9.17, 15) is 14.9 Å². The van der Waals surface area contributed by atoms with E-state index in [2.05, 4.69) is 0 Å². The third kappa shape index (κ3) is 3.00. The van der Waals surface area contributed by atoms with Crippen molar-refractivity contribution in [2.24, 2.45) is 5.10 Å². The highest BCUT2D eigenvalue weighted by Crippen LogP contribution is 2.43. The van der Waals surface area contributed by atoms with Crippen LogP contribution in [-0.4, -0.2) is 27.7 Å². The van der Waals surface area contributed by atoms with Gasteiger partial charge in [0.05, 0.1) is 16.7 Å². The van der Waals surface area contributed by atoms with Gasteiger partial charge in [-0.25, -0.2) is 5.01 Å². The first-order chi connectivity index (χ1) is 14.6. The normalized spacial score (nSPS) is 19.3. The molecule has 0 spiro atoms. The third-order valence-corrected chi connectivity index (χ3v) is 5.37. The monoisotopic (exact) mass is 399 g/mol. The van der Waals surface area contributed by atoms with Gasteiger partial charge in [-0.1, -0.05) is 60.7 Å². The van der Waals surface area contributed by atoms with Gasteiger partial charge in [0.25, 0.3) is 11.9 Å². The third-order valence-electron chi connectivity index (χ3n) is 5.37. The number of benzene rings is 3. The Morgan fingerprint density at radius 2 is 1.80 bits per heavy atom. The number of para-hydroxylation sites is 1. The Kier molecular flexibility index (Phi) is 4.28.